The molecule has 0 aliphatic heterocycles. The van der Waals surface area contributed by atoms with Gasteiger partial charge in [-0.15, -0.1) is 0 Å². The van der Waals surface area contributed by atoms with Crippen LogP contribution in [0, 0.1) is 0 Å². The molecular formula is C19H21NO4. The second-order valence-electron chi connectivity index (χ2n) is 6.08. The molecule has 0 heterocycles. The number of carbonyl (C=O) groups excluding carboxylic acids is 2. The summed E-state index contributed by atoms with van der Waals surface area (Å²) < 4.78 is 10.7. The van der Waals surface area contributed by atoms with E-state index < -0.39 is 11.6 Å². The number of methoxy groups -OCH3 is 2. The van der Waals surface area contributed by atoms with Crippen LogP contribution in [0.3, 0.4) is 0 Å². The molecule has 0 fully saturated rings. The molecule has 0 amide bonds. The molecule has 0 spiro atoms. The lowest BCUT2D eigenvalue weighted by Gasteiger charge is -2.27. The number of benzene rings is 1. The summed E-state index contributed by atoms with van der Waals surface area (Å²) in [5.74, 6) is 0.619. The molecule has 126 valence electrons. The molecule has 5 heteroatoms. The minimum Gasteiger partial charge on any atom is -0.493 e. The van der Waals surface area contributed by atoms with Crippen LogP contribution >= 0.6 is 0 Å². The summed E-state index contributed by atoms with van der Waals surface area (Å²) in [4.78, 5) is 22.6. The largest absolute Gasteiger partial charge is 0.493 e. The Morgan fingerprint density at radius 3 is 2.42 bits per heavy atom. The average Bonchev–Trinajstić information content (AvgIpc) is 2.61. The highest BCUT2D eigenvalue weighted by molar-refractivity contribution is 6.46. The summed E-state index contributed by atoms with van der Waals surface area (Å²) in [6.45, 7) is 0.586. The first kappa shape index (κ1) is 16.5. The quantitative estimate of drug-likeness (QED) is 0.660. The van der Waals surface area contributed by atoms with E-state index in [1.54, 1.807) is 20.3 Å². The zero-order valence-electron chi connectivity index (χ0n) is 13.9. The van der Waals surface area contributed by atoms with E-state index in [-0.39, 0.29) is 0 Å². The van der Waals surface area contributed by atoms with Crippen molar-refractivity contribution < 1.29 is 19.1 Å². The second kappa shape index (κ2) is 7.01. The molecule has 0 bridgehead atoms. The van der Waals surface area contributed by atoms with Crippen LogP contribution < -0.4 is 14.8 Å². The van der Waals surface area contributed by atoms with Gasteiger partial charge in [0.05, 0.1) is 14.2 Å². The molecule has 5 nitrogen and oxygen atoms in total. The van der Waals surface area contributed by atoms with E-state index in [9.17, 15) is 9.59 Å². The first-order chi connectivity index (χ1) is 11.6. The minimum atomic E-state index is -0.452. The van der Waals surface area contributed by atoms with Gasteiger partial charge in [0.2, 0.25) is 11.6 Å². The number of nitrogens with one attached hydrogen (secondary N) is 1. The van der Waals surface area contributed by atoms with E-state index in [0.29, 0.717) is 12.6 Å². The van der Waals surface area contributed by atoms with Crippen LogP contribution in [0.4, 0.5) is 0 Å². The van der Waals surface area contributed by atoms with E-state index >= 15 is 0 Å². The molecule has 1 atom stereocenters. The summed E-state index contributed by atoms with van der Waals surface area (Å²) in [5, 5.41) is 3.48. The third-order valence-corrected chi connectivity index (χ3v) is 4.54. The van der Waals surface area contributed by atoms with Crippen LogP contribution in [0.1, 0.15) is 17.5 Å². The summed E-state index contributed by atoms with van der Waals surface area (Å²) in [7, 11) is 3.29. The maximum atomic E-state index is 11.4. The number of fused-ring (bicyclic) bond motifs is 1. The van der Waals surface area contributed by atoms with Crippen molar-refractivity contribution in [1.82, 2.24) is 5.32 Å². The normalized spacial score (nSPS) is 19.8. The minimum absolute atomic E-state index is 0.331. The third kappa shape index (κ3) is 3.41. The van der Waals surface area contributed by atoms with E-state index in [1.807, 2.05) is 6.07 Å². The van der Waals surface area contributed by atoms with Gasteiger partial charge in [-0.1, -0.05) is 6.08 Å². The first-order valence-corrected chi connectivity index (χ1v) is 8.05. The fraction of sp³-hybridized carbons (Fsp3) is 0.368. The predicted octanol–water partition coefficient (Wildman–Crippen LogP) is 1.79. The highest BCUT2D eigenvalue weighted by Crippen LogP contribution is 2.34. The third-order valence-electron chi connectivity index (χ3n) is 4.54. The Balaban J connectivity index is 1.65. The summed E-state index contributed by atoms with van der Waals surface area (Å²) in [5.41, 5.74) is 3.40. The highest BCUT2D eigenvalue weighted by atomic mass is 16.5. The highest BCUT2D eigenvalue weighted by Gasteiger charge is 2.21. The lowest BCUT2D eigenvalue weighted by atomic mass is 9.87. The number of ketones is 2. The van der Waals surface area contributed by atoms with Gasteiger partial charge in [0.15, 0.2) is 11.5 Å². The van der Waals surface area contributed by atoms with Crippen molar-refractivity contribution in [1.29, 1.82) is 0 Å². The molecule has 1 aromatic rings. The topological polar surface area (TPSA) is 64.6 Å². The second-order valence-corrected chi connectivity index (χ2v) is 6.08. The number of ether oxygens (including phenoxy) is 2. The first-order valence-electron chi connectivity index (χ1n) is 8.05. The Hall–Kier alpha value is -2.40. The van der Waals surface area contributed by atoms with Crippen molar-refractivity contribution in [2.45, 2.75) is 25.3 Å². The van der Waals surface area contributed by atoms with E-state index in [1.165, 1.54) is 23.3 Å². The van der Waals surface area contributed by atoms with Crippen molar-refractivity contribution in [3.63, 3.8) is 0 Å². The van der Waals surface area contributed by atoms with Crippen molar-refractivity contribution in [2.24, 2.45) is 0 Å². The summed E-state index contributed by atoms with van der Waals surface area (Å²) in [6, 6.07) is 4.43. The van der Waals surface area contributed by atoms with Gasteiger partial charge in [0.1, 0.15) is 0 Å². The lowest BCUT2D eigenvalue weighted by Crippen LogP contribution is -2.36. The van der Waals surface area contributed by atoms with Gasteiger partial charge in [0.25, 0.3) is 0 Å². The maximum Gasteiger partial charge on any atom is 0.226 e. The SMILES string of the molecule is COc1cc2c(cc1OC)CC(NCC1=CC(=O)C(=O)C=C1)CC2. The molecule has 2 aliphatic carbocycles. The molecule has 0 saturated carbocycles. The van der Waals surface area contributed by atoms with Crippen LogP contribution in [0.25, 0.3) is 0 Å². The number of aryl methyl sites for hydroxylation is 1. The van der Waals surface area contributed by atoms with Crippen LogP contribution in [0.5, 0.6) is 11.5 Å². The van der Waals surface area contributed by atoms with Crippen molar-refractivity contribution in [3.8, 4) is 11.5 Å². The lowest BCUT2D eigenvalue weighted by molar-refractivity contribution is -0.131. The van der Waals surface area contributed by atoms with Crippen molar-refractivity contribution in [3.05, 3.63) is 47.1 Å². The number of allylic oxidation sites excluding steroid dienone is 2. The van der Waals surface area contributed by atoms with Crippen LogP contribution in [-0.2, 0) is 22.4 Å². The molecule has 24 heavy (non-hydrogen) atoms. The fourth-order valence-electron chi connectivity index (χ4n) is 3.18. The van der Waals surface area contributed by atoms with E-state index in [2.05, 4.69) is 11.4 Å². The number of hydrogen-bond acceptors (Lipinski definition) is 5. The summed E-state index contributed by atoms with van der Waals surface area (Å²) >= 11 is 0. The van der Waals surface area contributed by atoms with E-state index in [4.69, 9.17) is 9.47 Å². The zero-order chi connectivity index (χ0) is 17.1. The Morgan fingerprint density at radius 1 is 1.04 bits per heavy atom. The van der Waals surface area contributed by atoms with Gasteiger partial charge in [-0.2, -0.15) is 0 Å². The van der Waals surface area contributed by atoms with Gasteiger partial charge >= 0.3 is 0 Å². The summed E-state index contributed by atoms with van der Waals surface area (Å²) in [6.07, 6.45) is 7.36. The van der Waals surface area contributed by atoms with Crippen LogP contribution in [-0.4, -0.2) is 38.4 Å². The molecule has 3 rings (SSSR count). The smallest absolute Gasteiger partial charge is 0.226 e. The van der Waals surface area contributed by atoms with Crippen molar-refractivity contribution >= 4 is 11.6 Å². The van der Waals surface area contributed by atoms with Gasteiger partial charge in [-0.25, -0.2) is 0 Å². The number of rotatable bonds is 5. The zero-order valence-corrected chi connectivity index (χ0v) is 13.9. The number of hydrogen-bond donors (Lipinski definition) is 1. The maximum absolute atomic E-state index is 11.4. The molecule has 1 aromatic carbocycles. The Bertz CT molecular complexity index is 733. The Kier molecular flexibility index (Phi) is 4.81. The standard InChI is InChI=1S/C19H21NO4/c1-23-18-9-13-4-5-15(8-14(13)10-19(18)24-2)20-11-12-3-6-16(21)17(22)7-12/h3,6-7,9-10,15,20H,4-5,8,11H2,1-2H3. The van der Waals surface area contributed by atoms with Gasteiger partial charge < -0.3 is 14.8 Å². The average molecular weight is 327 g/mol. The molecule has 0 radical (unpaired) electrons. The van der Waals surface area contributed by atoms with Gasteiger partial charge in [-0.05, 0) is 60.2 Å². The Morgan fingerprint density at radius 2 is 1.75 bits per heavy atom. The fourth-order valence-corrected chi connectivity index (χ4v) is 3.18. The van der Waals surface area contributed by atoms with Crippen LogP contribution in [0.15, 0.2) is 35.9 Å². The van der Waals surface area contributed by atoms with Crippen molar-refractivity contribution in [2.75, 3.05) is 20.8 Å². The van der Waals surface area contributed by atoms with Crippen LogP contribution in [0.2, 0.25) is 0 Å². The molecule has 0 saturated heterocycles. The number of carbonyl (C=O) groups is 2. The monoisotopic (exact) mass is 327 g/mol. The van der Waals surface area contributed by atoms with Gasteiger partial charge in [0, 0.05) is 12.6 Å². The molecule has 1 N–H and O–H groups in total. The van der Waals surface area contributed by atoms with E-state index in [0.717, 1.165) is 36.3 Å². The molecular weight excluding hydrogens is 306 g/mol. The molecule has 0 aromatic heterocycles. The Labute approximate surface area is 141 Å². The molecule has 2 aliphatic rings. The predicted molar refractivity (Wildman–Crippen MR) is 90.6 cm³/mol. The molecule has 1 unspecified atom stereocenters. The van der Waals surface area contributed by atoms with Gasteiger partial charge in [-0.3, -0.25) is 9.59 Å².